The van der Waals surface area contributed by atoms with Crippen molar-refractivity contribution in [1.29, 1.82) is 0 Å². The number of rotatable bonds is 7. The van der Waals surface area contributed by atoms with E-state index >= 15 is 0 Å². The summed E-state index contributed by atoms with van der Waals surface area (Å²) < 4.78 is 0. The van der Waals surface area contributed by atoms with Crippen molar-refractivity contribution in [3.63, 3.8) is 0 Å². The number of Topliss-reactive ketones (excluding diaryl/α,β-unsaturated/α-hetero) is 1. The molecule has 2 aromatic heterocycles. The molecule has 0 saturated heterocycles. The number of nitrogens with zero attached hydrogens (tertiary/aromatic N) is 1. The van der Waals surface area contributed by atoms with Crippen molar-refractivity contribution < 1.29 is 4.79 Å². The van der Waals surface area contributed by atoms with E-state index in [1.807, 2.05) is 38.4 Å². The summed E-state index contributed by atoms with van der Waals surface area (Å²) in [6.45, 7) is 0. The molecule has 0 aliphatic heterocycles. The molecule has 0 atom stereocenters. The van der Waals surface area contributed by atoms with Crippen LogP contribution in [-0.2, 0) is 0 Å². The lowest BCUT2D eigenvalue weighted by molar-refractivity contribution is 0.102. The van der Waals surface area contributed by atoms with Gasteiger partial charge in [0, 0.05) is 27.6 Å². The Bertz CT molecular complexity index is 876. The Labute approximate surface area is 149 Å². The number of pyridine rings is 1. The van der Waals surface area contributed by atoms with E-state index in [0.29, 0.717) is 10.9 Å². The van der Waals surface area contributed by atoms with Crippen molar-refractivity contribution in [2.75, 3.05) is 25.6 Å². The monoisotopic (exact) mass is 362 g/mol. The lowest BCUT2D eigenvalue weighted by atomic mass is 10.1. The second kappa shape index (κ2) is 7.53. The zero-order valence-corrected chi connectivity index (χ0v) is 15.1. The summed E-state index contributed by atoms with van der Waals surface area (Å²) in [6, 6.07) is 9.40. The Balaban J connectivity index is 1.79. The van der Waals surface area contributed by atoms with Crippen LogP contribution < -0.4 is 10.6 Å². The second-order valence-electron chi connectivity index (χ2n) is 5.48. The van der Waals surface area contributed by atoms with Gasteiger partial charge in [0.05, 0.1) is 11.9 Å². The van der Waals surface area contributed by atoms with Gasteiger partial charge in [0.25, 0.3) is 0 Å². The minimum Gasteiger partial charge on any atom is -0.339 e. The first kappa shape index (κ1) is 17.2. The molecular formula is C17H19ClN4OS. The van der Waals surface area contributed by atoms with E-state index in [1.54, 1.807) is 17.8 Å². The molecule has 0 unspecified atom stereocenters. The fraction of sp³-hybridized carbons (Fsp3) is 0.294. The number of carbonyl (C=O) groups is 1. The Hall–Kier alpha value is -1.60. The lowest BCUT2D eigenvalue weighted by Crippen LogP contribution is -2.39. The van der Waals surface area contributed by atoms with Crippen LogP contribution in [0.15, 0.2) is 30.3 Å². The van der Waals surface area contributed by atoms with Crippen LogP contribution >= 0.6 is 23.4 Å². The van der Waals surface area contributed by atoms with Crippen molar-refractivity contribution in [3.8, 4) is 0 Å². The van der Waals surface area contributed by atoms with Gasteiger partial charge in [-0.1, -0.05) is 11.6 Å². The molecule has 0 radical (unpaired) electrons. The maximum Gasteiger partial charge on any atom is 0.172 e. The maximum absolute atomic E-state index is 12.4. The predicted octanol–water partition coefficient (Wildman–Crippen LogP) is 3.05. The zero-order valence-electron chi connectivity index (χ0n) is 13.5. The topological polar surface area (TPSA) is 69.8 Å². The number of ketones is 1. The molecule has 0 spiro atoms. The van der Waals surface area contributed by atoms with Crippen LogP contribution in [-0.4, -0.2) is 47.5 Å². The van der Waals surface area contributed by atoms with E-state index in [2.05, 4.69) is 20.6 Å². The van der Waals surface area contributed by atoms with Crippen LogP contribution in [0.25, 0.3) is 21.9 Å². The van der Waals surface area contributed by atoms with Crippen molar-refractivity contribution in [3.05, 3.63) is 41.0 Å². The molecule has 3 aromatic rings. The molecule has 0 fully saturated rings. The third kappa shape index (κ3) is 3.57. The SMILES string of the molecule is CNC(CSCC(=O)c1ccc2[nH]c3nc(Cl)ccc3c2c1)NC. The molecule has 7 heteroatoms. The van der Waals surface area contributed by atoms with E-state index in [9.17, 15) is 4.79 Å². The highest BCUT2D eigenvalue weighted by molar-refractivity contribution is 8.00. The molecule has 0 amide bonds. The van der Waals surface area contributed by atoms with Crippen molar-refractivity contribution in [1.82, 2.24) is 20.6 Å². The fourth-order valence-corrected chi connectivity index (χ4v) is 3.78. The predicted molar refractivity (Wildman–Crippen MR) is 102 cm³/mol. The summed E-state index contributed by atoms with van der Waals surface area (Å²) in [4.78, 5) is 20.0. The summed E-state index contributed by atoms with van der Waals surface area (Å²) in [5.41, 5.74) is 2.41. The van der Waals surface area contributed by atoms with E-state index in [4.69, 9.17) is 11.6 Å². The first-order valence-electron chi connectivity index (χ1n) is 7.66. The van der Waals surface area contributed by atoms with Crippen molar-refractivity contribution in [2.45, 2.75) is 6.17 Å². The first-order chi connectivity index (χ1) is 11.6. The summed E-state index contributed by atoms with van der Waals surface area (Å²) in [5, 5.41) is 8.71. The van der Waals surface area contributed by atoms with Gasteiger partial charge in [0.15, 0.2) is 5.78 Å². The molecule has 0 saturated carbocycles. The first-order valence-corrected chi connectivity index (χ1v) is 9.19. The summed E-state index contributed by atoms with van der Waals surface area (Å²) >= 11 is 7.55. The highest BCUT2D eigenvalue weighted by Crippen LogP contribution is 2.26. The molecule has 0 aliphatic carbocycles. The summed E-state index contributed by atoms with van der Waals surface area (Å²) in [7, 11) is 3.80. The summed E-state index contributed by atoms with van der Waals surface area (Å²) in [5.74, 6) is 1.41. The van der Waals surface area contributed by atoms with Crippen LogP contribution in [0.2, 0.25) is 5.15 Å². The van der Waals surface area contributed by atoms with Gasteiger partial charge in [-0.15, -0.1) is 0 Å². The number of carbonyl (C=O) groups excluding carboxylic acids is 1. The Morgan fingerprint density at radius 2 is 2.04 bits per heavy atom. The molecule has 5 nitrogen and oxygen atoms in total. The number of hydrogen-bond donors (Lipinski definition) is 3. The van der Waals surface area contributed by atoms with E-state index in [0.717, 1.165) is 33.3 Å². The van der Waals surface area contributed by atoms with Gasteiger partial charge in [-0.3, -0.25) is 4.79 Å². The summed E-state index contributed by atoms with van der Waals surface area (Å²) in [6.07, 6.45) is 0.203. The van der Waals surface area contributed by atoms with E-state index in [-0.39, 0.29) is 11.9 Å². The van der Waals surface area contributed by atoms with Crippen LogP contribution in [0.5, 0.6) is 0 Å². The number of aromatic amines is 1. The second-order valence-corrected chi connectivity index (χ2v) is 6.90. The van der Waals surface area contributed by atoms with Gasteiger partial charge in [0.1, 0.15) is 10.8 Å². The molecule has 1 aromatic carbocycles. The van der Waals surface area contributed by atoms with Crippen LogP contribution in [0.1, 0.15) is 10.4 Å². The van der Waals surface area contributed by atoms with Crippen LogP contribution in [0.3, 0.4) is 0 Å². The minimum atomic E-state index is 0.129. The van der Waals surface area contributed by atoms with Crippen LogP contribution in [0, 0.1) is 0 Å². The number of halogens is 1. The average molecular weight is 363 g/mol. The van der Waals surface area contributed by atoms with Crippen molar-refractivity contribution in [2.24, 2.45) is 0 Å². The number of H-pyrrole nitrogens is 1. The number of hydrogen-bond acceptors (Lipinski definition) is 5. The molecule has 3 rings (SSSR count). The molecule has 0 aliphatic rings. The number of nitrogens with one attached hydrogen (secondary N) is 3. The zero-order chi connectivity index (χ0) is 17.1. The highest BCUT2D eigenvalue weighted by atomic mass is 35.5. The Morgan fingerprint density at radius 3 is 2.79 bits per heavy atom. The standard InChI is InChI=1S/C17H19ClN4OS/c1-19-16(20-2)9-24-8-14(23)10-3-5-13-12(7-10)11-4-6-15(18)22-17(11)21-13/h3-7,16,19-20H,8-9H2,1-2H3,(H,21,22). The molecule has 0 bridgehead atoms. The molecule has 3 N–H and O–H groups in total. The van der Waals surface area contributed by atoms with Gasteiger partial charge < -0.3 is 15.6 Å². The molecular weight excluding hydrogens is 344 g/mol. The van der Waals surface area contributed by atoms with Gasteiger partial charge in [-0.05, 0) is 44.4 Å². The third-order valence-corrected chi connectivity index (χ3v) is 5.21. The van der Waals surface area contributed by atoms with Crippen molar-refractivity contribution >= 4 is 51.1 Å². The van der Waals surface area contributed by atoms with Crippen LogP contribution in [0.4, 0.5) is 0 Å². The number of aromatic nitrogens is 2. The quantitative estimate of drug-likeness (QED) is 0.342. The maximum atomic E-state index is 12.4. The smallest absolute Gasteiger partial charge is 0.172 e. The van der Waals surface area contributed by atoms with Gasteiger partial charge in [0.2, 0.25) is 0 Å². The van der Waals surface area contributed by atoms with E-state index < -0.39 is 0 Å². The number of benzene rings is 1. The minimum absolute atomic E-state index is 0.129. The Kier molecular flexibility index (Phi) is 5.40. The number of fused-ring (bicyclic) bond motifs is 3. The Morgan fingerprint density at radius 1 is 1.25 bits per heavy atom. The largest absolute Gasteiger partial charge is 0.339 e. The lowest BCUT2D eigenvalue weighted by Gasteiger charge is -2.13. The fourth-order valence-electron chi connectivity index (χ4n) is 2.59. The molecule has 126 valence electrons. The van der Waals surface area contributed by atoms with Gasteiger partial charge >= 0.3 is 0 Å². The molecule has 2 heterocycles. The highest BCUT2D eigenvalue weighted by Gasteiger charge is 2.12. The normalized spacial score (nSPS) is 11.7. The average Bonchev–Trinajstić information content (AvgIpc) is 2.95. The van der Waals surface area contributed by atoms with E-state index in [1.165, 1.54) is 0 Å². The van der Waals surface area contributed by atoms with Gasteiger partial charge in [-0.2, -0.15) is 11.8 Å². The third-order valence-electron chi connectivity index (χ3n) is 3.96. The molecule has 24 heavy (non-hydrogen) atoms. The number of thioether (sulfide) groups is 1. The van der Waals surface area contributed by atoms with Gasteiger partial charge in [-0.25, -0.2) is 4.98 Å².